The number of fused-ring (bicyclic) bond motifs is 2. The predicted molar refractivity (Wildman–Crippen MR) is 107 cm³/mol. The third kappa shape index (κ3) is 3.55. The summed E-state index contributed by atoms with van der Waals surface area (Å²) in [5.41, 5.74) is 4.20. The summed E-state index contributed by atoms with van der Waals surface area (Å²) in [6.07, 6.45) is 2.14. The summed E-state index contributed by atoms with van der Waals surface area (Å²) in [4.78, 5) is 2.57. The summed E-state index contributed by atoms with van der Waals surface area (Å²) < 4.78 is 0. The van der Waals surface area contributed by atoms with Crippen molar-refractivity contribution in [2.45, 2.75) is 38.9 Å². The lowest BCUT2D eigenvalue weighted by atomic mass is 10.0. The largest absolute Gasteiger partial charge is 0.292 e. The van der Waals surface area contributed by atoms with E-state index in [4.69, 9.17) is 23.2 Å². The molecule has 128 valence electrons. The Balaban J connectivity index is 1.43. The molecule has 0 spiro atoms. The van der Waals surface area contributed by atoms with Gasteiger partial charge in [-0.3, -0.25) is 4.90 Å². The molecule has 1 atom stereocenters. The van der Waals surface area contributed by atoms with Crippen LogP contribution in [0, 0.1) is 0 Å². The van der Waals surface area contributed by atoms with Gasteiger partial charge in [0.15, 0.2) is 0 Å². The molecular formula is C22H21Cl2N. The number of hydrogen-bond donors (Lipinski definition) is 0. The number of nitrogens with zero attached hydrogens (tertiary/aromatic N) is 1. The maximum Gasteiger partial charge on any atom is 0.0595 e. The molecule has 1 aliphatic heterocycles. The van der Waals surface area contributed by atoms with E-state index in [2.05, 4.69) is 54.3 Å². The lowest BCUT2D eigenvalue weighted by Crippen LogP contribution is -2.28. The Kier molecular flexibility index (Phi) is 4.73. The average Bonchev–Trinajstić information content (AvgIpc) is 3.03. The van der Waals surface area contributed by atoms with Gasteiger partial charge in [-0.2, -0.15) is 0 Å². The summed E-state index contributed by atoms with van der Waals surface area (Å²) in [6, 6.07) is 19.8. The summed E-state index contributed by atoms with van der Waals surface area (Å²) in [6.45, 7) is 4.41. The van der Waals surface area contributed by atoms with E-state index >= 15 is 0 Å². The summed E-state index contributed by atoms with van der Waals surface area (Å²) >= 11 is 12.1. The quantitative estimate of drug-likeness (QED) is 0.508. The second kappa shape index (κ2) is 6.99. The number of rotatable bonds is 4. The molecule has 1 aliphatic rings. The molecule has 3 aromatic rings. The van der Waals surface area contributed by atoms with Crippen molar-refractivity contribution < 1.29 is 0 Å². The van der Waals surface area contributed by atoms with E-state index in [9.17, 15) is 0 Å². The molecule has 1 nitrogen and oxygen atoms in total. The van der Waals surface area contributed by atoms with Crippen LogP contribution in [0.4, 0.5) is 0 Å². The molecule has 0 radical (unpaired) electrons. The summed E-state index contributed by atoms with van der Waals surface area (Å²) in [7, 11) is 0. The fourth-order valence-electron chi connectivity index (χ4n) is 3.69. The molecule has 25 heavy (non-hydrogen) atoms. The number of aryl methyl sites for hydroxylation is 1. The highest BCUT2D eigenvalue weighted by Gasteiger charge is 2.23. The van der Waals surface area contributed by atoms with E-state index in [-0.39, 0.29) is 0 Å². The minimum Gasteiger partial charge on any atom is -0.292 e. The third-order valence-electron chi connectivity index (χ3n) is 5.27. The molecule has 0 saturated carbocycles. The minimum atomic E-state index is 0.532. The Hall–Kier alpha value is -1.54. The lowest BCUT2D eigenvalue weighted by molar-refractivity contribution is 0.203. The molecule has 0 N–H and O–H groups in total. The molecule has 0 fully saturated rings. The van der Waals surface area contributed by atoms with Gasteiger partial charge in [-0.15, -0.1) is 0 Å². The Morgan fingerprint density at radius 2 is 1.52 bits per heavy atom. The second-order valence-electron chi connectivity index (χ2n) is 7.01. The zero-order valence-corrected chi connectivity index (χ0v) is 15.8. The van der Waals surface area contributed by atoms with E-state index < -0.39 is 0 Å². The fraction of sp³-hybridized carbons (Fsp3) is 0.273. The Labute approximate surface area is 159 Å². The Morgan fingerprint density at radius 3 is 2.12 bits per heavy atom. The van der Waals surface area contributed by atoms with Crippen LogP contribution in [0.25, 0.3) is 10.8 Å². The van der Waals surface area contributed by atoms with Gasteiger partial charge in [0.25, 0.3) is 0 Å². The monoisotopic (exact) mass is 369 g/mol. The molecule has 3 heteroatoms. The maximum absolute atomic E-state index is 6.13. The summed E-state index contributed by atoms with van der Waals surface area (Å²) in [5, 5.41) is 3.95. The predicted octanol–water partition coefficient (Wildman–Crippen LogP) is 6.48. The first-order valence-electron chi connectivity index (χ1n) is 8.78. The van der Waals surface area contributed by atoms with Crippen LogP contribution < -0.4 is 0 Å². The van der Waals surface area contributed by atoms with E-state index in [1.165, 1.54) is 27.5 Å². The van der Waals surface area contributed by atoms with Crippen LogP contribution in [0.2, 0.25) is 10.0 Å². The molecule has 0 aliphatic carbocycles. The second-order valence-corrected chi connectivity index (χ2v) is 7.82. The van der Waals surface area contributed by atoms with Crippen molar-refractivity contribution in [2.75, 3.05) is 0 Å². The van der Waals surface area contributed by atoms with Gasteiger partial charge in [0.05, 0.1) is 10.0 Å². The number of halogens is 2. The number of hydrogen-bond acceptors (Lipinski definition) is 1. The third-order valence-corrected chi connectivity index (χ3v) is 6.01. The van der Waals surface area contributed by atoms with Gasteiger partial charge >= 0.3 is 0 Å². The van der Waals surface area contributed by atoms with Gasteiger partial charge in [-0.05, 0) is 71.5 Å². The van der Waals surface area contributed by atoms with E-state index in [1.54, 1.807) is 0 Å². The first-order valence-corrected chi connectivity index (χ1v) is 9.54. The Bertz CT molecular complexity index is 875. The van der Waals surface area contributed by atoms with Crippen LogP contribution >= 0.6 is 23.2 Å². The Morgan fingerprint density at radius 1 is 0.880 bits per heavy atom. The fourth-order valence-corrected chi connectivity index (χ4v) is 4.01. The van der Waals surface area contributed by atoms with Crippen molar-refractivity contribution in [2.24, 2.45) is 0 Å². The lowest BCUT2D eigenvalue weighted by Gasteiger charge is -2.23. The first-order chi connectivity index (χ1) is 12.1. The molecule has 0 saturated heterocycles. The normalized spacial score (nSPS) is 15.5. The van der Waals surface area contributed by atoms with Crippen molar-refractivity contribution in [3.05, 3.63) is 81.3 Å². The smallest absolute Gasteiger partial charge is 0.0595 e. The van der Waals surface area contributed by atoms with Crippen LogP contribution in [0.15, 0.2) is 54.6 Å². The maximum atomic E-state index is 6.13. The molecular weight excluding hydrogens is 349 g/mol. The molecule has 0 amide bonds. The van der Waals surface area contributed by atoms with Gasteiger partial charge < -0.3 is 0 Å². The van der Waals surface area contributed by atoms with Crippen LogP contribution in [0.1, 0.15) is 30.0 Å². The average molecular weight is 370 g/mol. The van der Waals surface area contributed by atoms with Crippen molar-refractivity contribution in [3.63, 3.8) is 0 Å². The number of benzene rings is 3. The topological polar surface area (TPSA) is 3.24 Å². The summed E-state index contributed by atoms with van der Waals surface area (Å²) in [5.74, 6) is 0. The SMILES string of the molecule is C[C@H](CCc1ccc(Cl)c(Cl)c1)N1Cc2cc3ccccc3cc2C1. The van der Waals surface area contributed by atoms with Gasteiger partial charge in [0.1, 0.15) is 0 Å². The van der Waals surface area contributed by atoms with Crippen LogP contribution in [0.5, 0.6) is 0 Å². The standard InChI is InChI=1S/C22H21Cl2N/c1-15(6-7-16-8-9-21(23)22(24)10-16)25-13-19-11-17-4-2-3-5-18(17)12-20(19)14-25/h2-5,8-12,15H,6-7,13-14H2,1H3/t15-/m1/s1. The molecule has 0 unspecified atom stereocenters. The van der Waals surface area contributed by atoms with Crippen molar-refractivity contribution in [3.8, 4) is 0 Å². The van der Waals surface area contributed by atoms with Crippen LogP contribution in [-0.4, -0.2) is 10.9 Å². The van der Waals surface area contributed by atoms with Crippen LogP contribution in [0.3, 0.4) is 0 Å². The molecule has 3 aromatic carbocycles. The molecule has 0 bridgehead atoms. The zero-order valence-electron chi connectivity index (χ0n) is 14.3. The van der Waals surface area contributed by atoms with Gasteiger partial charge in [0, 0.05) is 19.1 Å². The van der Waals surface area contributed by atoms with E-state index in [1.807, 2.05) is 12.1 Å². The van der Waals surface area contributed by atoms with Gasteiger partial charge in [0.2, 0.25) is 0 Å². The zero-order chi connectivity index (χ0) is 17.4. The highest BCUT2D eigenvalue weighted by molar-refractivity contribution is 6.42. The molecule has 1 heterocycles. The van der Waals surface area contributed by atoms with Crippen LogP contribution in [-0.2, 0) is 19.5 Å². The van der Waals surface area contributed by atoms with Crippen molar-refractivity contribution >= 4 is 34.0 Å². The van der Waals surface area contributed by atoms with Crippen molar-refractivity contribution in [1.82, 2.24) is 4.90 Å². The first kappa shape index (κ1) is 16.9. The highest BCUT2D eigenvalue weighted by Crippen LogP contribution is 2.30. The van der Waals surface area contributed by atoms with Crippen molar-refractivity contribution in [1.29, 1.82) is 0 Å². The van der Waals surface area contributed by atoms with E-state index in [0.717, 1.165) is 25.9 Å². The highest BCUT2D eigenvalue weighted by atomic mass is 35.5. The molecule has 0 aromatic heterocycles. The van der Waals surface area contributed by atoms with E-state index in [0.29, 0.717) is 16.1 Å². The van der Waals surface area contributed by atoms with Gasteiger partial charge in [-0.1, -0.05) is 53.5 Å². The van der Waals surface area contributed by atoms with Gasteiger partial charge in [-0.25, -0.2) is 0 Å². The molecule has 4 rings (SSSR count). The minimum absolute atomic E-state index is 0.532.